The molecular formula is C36H44N3O4+. The molecule has 0 bridgehead atoms. The van der Waals surface area contributed by atoms with E-state index in [0.717, 1.165) is 25.9 Å². The summed E-state index contributed by atoms with van der Waals surface area (Å²) in [7, 11) is 0. The normalized spacial score (nSPS) is 19.6. The zero-order valence-electron chi connectivity index (χ0n) is 26.4. The average molecular weight is 583 g/mol. The summed E-state index contributed by atoms with van der Waals surface area (Å²) in [6.07, 6.45) is 9.50. The van der Waals surface area contributed by atoms with E-state index in [-0.39, 0.29) is 30.1 Å². The number of imide groups is 1. The van der Waals surface area contributed by atoms with Crippen molar-refractivity contribution in [3.63, 3.8) is 0 Å². The van der Waals surface area contributed by atoms with Crippen LogP contribution >= 0.6 is 0 Å². The van der Waals surface area contributed by atoms with Crippen LogP contribution in [0.25, 0.3) is 0 Å². The Morgan fingerprint density at radius 3 is 2.40 bits per heavy atom. The number of carbonyl (C=O) groups excluding carboxylic acids is 3. The summed E-state index contributed by atoms with van der Waals surface area (Å²) in [5.41, 5.74) is 8.80. The van der Waals surface area contributed by atoms with Crippen LogP contribution in [0.2, 0.25) is 0 Å². The Labute approximate surface area is 255 Å². The van der Waals surface area contributed by atoms with Gasteiger partial charge in [-0.3, -0.25) is 9.59 Å². The third kappa shape index (κ3) is 5.69. The lowest BCUT2D eigenvalue weighted by Gasteiger charge is -2.25. The van der Waals surface area contributed by atoms with Gasteiger partial charge in [0.05, 0.1) is 5.41 Å². The molecule has 43 heavy (non-hydrogen) atoms. The number of amides is 2. The van der Waals surface area contributed by atoms with Crippen molar-refractivity contribution in [3.05, 3.63) is 83.1 Å². The van der Waals surface area contributed by atoms with Crippen LogP contribution in [0.3, 0.4) is 0 Å². The number of hydroxylamine groups is 2. The van der Waals surface area contributed by atoms with E-state index in [1.807, 2.05) is 0 Å². The Morgan fingerprint density at radius 2 is 1.67 bits per heavy atom. The SMILES string of the molecule is CCN1/C(=C/C=C/C2=[N+](CCCCCC(=O)ON3C(=O)CCC3=O)c3ccccc3C2(C)C)C(C)(C)c2cc(C)ccc21. The monoisotopic (exact) mass is 582 g/mol. The number of hydrogen-bond acceptors (Lipinski definition) is 5. The Balaban J connectivity index is 1.31. The molecule has 0 saturated carbocycles. The van der Waals surface area contributed by atoms with Crippen molar-refractivity contribution >= 4 is 34.9 Å². The number of rotatable bonds is 10. The summed E-state index contributed by atoms with van der Waals surface area (Å²) in [5, 5.41) is 0.626. The zero-order valence-corrected chi connectivity index (χ0v) is 26.4. The number of fused-ring (bicyclic) bond motifs is 2. The molecule has 0 spiro atoms. The fraction of sp³-hybridized carbons (Fsp3) is 0.444. The minimum Gasteiger partial charge on any atom is -0.344 e. The number of aryl methyl sites for hydroxylation is 1. The van der Waals surface area contributed by atoms with E-state index in [1.54, 1.807) is 0 Å². The minimum atomic E-state index is -0.534. The largest absolute Gasteiger partial charge is 0.344 e. The highest BCUT2D eigenvalue weighted by Gasteiger charge is 2.44. The van der Waals surface area contributed by atoms with Crippen molar-refractivity contribution in [2.75, 3.05) is 18.0 Å². The van der Waals surface area contributed by atoms with E-state index >= 15 is 0 Å². The number of hydrogen-bond donors (Lipinski definition) is 0. The molecule has 2 aromatic carbocycles. The van der Waals surface area contributed by atoms with E-state index in [4.69, 9.17) is 4.84 Å². The molecular weight excluding hydrogens is 538 g/mol. The van der Waals surface area contributed by atoms with Crippen LogP contribution < -0.4 is 4.90 Å². The molecule has 3 aliphatic rings. The molecule has 7 nitrogen and oxygen atoms in total. The highest BCUT2D eigenvalue weighted by molar-refractivity contribution is 6.03. The van der Waals surface area contributed by atoms with Crippen LogP contribution in [0.15, 0.2) is 66.4 Å². The van der Waals surface area contributed by atoms with Gasteiger partial charge in [-0.2, -0.15) is 4.58 Å². The first-order chi connectivity index (χ1) is 20.5. The van der Waals surface area contributed by atoms with Crippen molar-refractivity contribution in [2.24, 2.45) is 0 Å². The fourth-order valence-electron chi connectivity index (χ4n) is 6.76. The molecule has 2 amide bonds. The van der Waals surface area contributed by atoms with Crippen LogP contribution in [0.1, 0.15) is 89.8 Å². The number of unbranched alkanes of at least 4 members (excludes halogenated alkanes) is 2. The molecule has 226 valence electrons. The number of carbonyl (C=O) groups is 3. The van der Waals surface area contributed by atoms with Gasteiger partial charge in [-0.25, -0.2) is 4.79 Å². The van der Waals surface area contributed by atoms with Crippen molar-refractivity contribution in [2.45, 2.75) is 90.9 Å². The highest BCUT2D eigenvalue weighted by Crippen LogP contribution is 2.48. The number of nitrogens with zero attached hydrogens (tertiary/aromatic N) is 3. The predicted molar refractivity (Wildman–Crippen MR) is 169 cm³/mol. The molecule has 0 aliphatic carbocycles. The second kappa shape index (κ2) is 11.9. The minimum absolute atomic E-state index is 0.0866. The Hall–Kier alpha value is -4.00. The lowest BCUT2D eigenvalue weighted by molar-refractivity contribution is -0.438. The fourth-order valence-corrected chi connectivity index (χ4v) is 6.76. The van der Waals surface area contributed by atoms with Gasteiger partial charge in [0.1, 0.15) is 6.54 Å². The third-order valence-corrected chi connectivity index (χ3v) is 9.13. The van der Waals surface area contributed by atoms with E-state index in [2.05, 4.69) is 112 Å². The summed E-state index contributed by atoms with van der Waals surface area (Å²) in [6.45, 7) is 15.3. The molecule has 7 heteroatoms. The summed E-state index contributed by atoms with van der Waals surface area (Å²) < 4.78 is 2.42. The molecule has 0 aromatic heterocycles. The molecule has 0 radical (unpaired) electrons. The zero-order chi connectivity index (χ0) is 30.9. The van der Waals surface area contributed by atoms with Crippen molar-refractivity contribution in [1.29, 1.82) is 0 Å². The highest BCUT2D eigenvalue weighted by atomic mass is 16.7. The molecule has 2 aromatic rings. The number of para-hydroxylation sites is 1. The van der Waals surface area contributed by atoms with Gasteiger partial charge >= 0.3 is 5.97 Å². The number of benzene rings is 2. The Morgan fingerprint density at radius 1 is 0.953 bits per heavy atom. The van der Waals surface area contributed by atoms with Gasteiger partial charge in [0.2, 0.25) is 5.69 Å². The van der Waals surface area contributed by atoms with E-state index in [0.29, 0.717) is 11.5 Å². The van der Waals surface area contributed by atoms with E-state index in [1.165, 1.54) is 39.5 Å². The van der Waals surface area contributed by atoms with Crippen molar-refractivity contribution < 1.29 is 23.8 Å². The predicted octanol–water partition coefficient (Wildman–Crippen LogP) is 6.80. The number of likely N-dealkylation sites (N-methyl/N-ethyl adjacent to an activating group) is 1. The van der Waals surface area contributed by atoms with Gasteiger partial charge in [0.15, 0.2) is 5.71 Å². The summed E-state index contributed by atoms with van der Waals surface area (Å²) in [5.74, 6) is -1.43. The molecule has 0 unspecified atom stereocenters. The van der Waals surface area contributed by atoms with Gasteiger partial charge in [0.25, 0.3) is 11.8 Å². The summed E-state index contributed by atoms with van der Waals surface area (Å²) in [4.78, 5) is 43.1. The van der Waals surface area contributed by atoms with Gasteiger partial charge in [-0.05, 0) is 58.2 Å². The van der Waals surface area contributed by atoms with Crippen LogP contribution in [0, 0.1) is 6.92 Å². The maximum absolute atomic E-state index is 12.2. The first-order valence-electron chi connectivity index (χ1n) is 15.6. The Kier molecular flexibility index (Phi) is 8.46. The maximum atomic E-state index is 12.2. The molecule has 5 rings (SSSR count). The van der Waals surface area contributed by atoms with Gasteiger partial charge in [-0.1, -0.05) is 55.8 Å². The summed E-state index contributed by atoms with van der Waals surface area (Å²) >= 11 is 0. The van der Waals surface area contributed by atoms with Gasteiger partial charge in [0, 0.05) is 66.7 Å². The maximum Gasteiger partial charge on any atom is 0.333 e. The first kappa shape index (κ1) is 30.5. The molecule has 3 heterocycles. The topological polar surface area (TPSA) is 69.9 Å². The molecule has 1 fully saturated rings. The van der Waals surface area contributed by atoms with Gasteiger partial charge in [-0.15, -0.1) is 5.06 Å². The van der Waals surface area contributed by atoms with Crippen LogP contribution in [0.4, 0.5) is 11.4 Å². The van der Waals surface area contributed by atoms with E-state index in [9.17, 15) is 14.4 Å². The number of allylic oxidation sites excluding steroid dienone is 4. The molecule has 0 N–H and O–H groups in total. The van der Waals surface area contributed by atoms with Crippen molar-refractivity contribution in [3.8, 4) is 0 Å². The number of anilines is 1. The Bertz CT molecular complexity index is 1530. The molecule has 1 saturated heterocycles. The second-order valence-corrected chi connectivity index (χ2v) is 12.8. The van der Waals surface area contributed by atoms with Crippen LogP contribution in [-0.2, 0) is 30.1 Å². The lowest BCUT2D eigenvalue weighted by Crippen LogP contribution is -2.31. The second-order valence-electron chi connectivity index (χ2n) is 12.8. The standard InChI is InChI=1S/C36H44N3O4/c1-7-37-29-20-19-25(2)24-27(29)36(5,6)30(37)16-13-17-31-35(3,4)26-14-10-11-15-28(26)38(31)23-12-8-9-18-34(42)43-39-32(40)21-22-33(39)41/h10-11,13-17,19-20,24H,7-9,12,18,21-23H2,1-6H3/q+1. The lowest BCUT2D eigenvalue weighted by atomic mass is 9.81. The quantitative estimate of drug-likeness (QED) is 0.175. The van der Waals surface area contributed by atoms with Crippen LogP contribution in [-0.4, -0.2) is 46.2 Å². The average Bonchev–Trinajstić information content (AvgIpc) is 3.48. The summed E-state index contributed by atoms with van der Waals surface area (Å²) in [6, 6.07) is 15.4. The van der Waals surface area contributed by atoms with E-state index < -0.39 is 17.8 Å². The third-order valence-electron chi connectivity index (χ3n) is 9.13. The molecule has 3 aliphatic heterocycles. The molecule has 0 atom stereocenters. The van der Waals surface area contributed by atoms with Crippen LogP contribution in [0.5, 0.6) is 0 Å². The smallest absolute Gasteiger partial charge is 0.333 e. The van der Waals surface area contributed by atoms with Crippen molar-refractivity contribution in [1.82, 2.24) is 5.06 Å². The van der Waals surface area contributed by atoms with Gasteiger partial charge < -0.3 is 9.74 Å². The first-order valence-corrected chi connectivity index (χ1v) is 15.6.